The lowest BCUT2D eigenvalue weighted by atomic mass is 9.71. The van der Waals surface area contributed by atoms with Gasteiger partial charge in [0, 0.05) is 22.8 Å². The summed E-state index contributed by atoms with van der Waals surface area (Å²) in [6.07, 6.45) is 5.28. The van der Waals surface area contributed by atoms with Gasteiger partial charge in [0.05, 0.1) is 0 Å². The molecule has 0 N–H and O–H groups in total. The summed E-state index contributed by atoms with van der Waals surface area (Å²) in [6.45, 7) is 8.98. The highest BCUT2D eigenvalue weighted by atomic mass is 32.1. The number of halogens is 1. The number of piperidine rings is 2. The van der Waals surface area contributed by atoms with Gasteiger partial charge < -0.3 is 0 Å². The number of hydrogen-bond donors (Lipinski definition) is 0. The number of benzene rings is 1. The van der Waals surface area contributed by atoms with E-state index in [1.807, 2.05) is 23.5 Å². The van der Waals surface area contributed by atoms with Crippen LogP contribution < -0.4 is 0 Å². The van der Waals surface area contributed by atoms with Crippen LogP contribution in [0.25, 0.3) is 0 Å². The second kappa shape index (κ2) is 7.79. The van der Waals surface area contributed by atoms with Crippen molar-refractivity contribution in [1.82, 2.24) is 9.80 Å². The number of nitrogens with zero attached hydrogens (tertiary/aromatic N) is 2. The molecule has 3 heterocycles. The molecule has 0 aliphatic carbocycles. The molecule has 4 rings (SSSR count). The third kappa shape index (κ3) is 4.36. The lowest BCUT2D eigenvalue weighted by molar-refractivity contribution is 0.0302. The first kappa shape index (κ1) is 18.1. The minimum absolute atomic E-state index is 0.121. The summed E-state index contributed by atoms with van der Waals surface area (Å²) in [7, 11) is 0. The molecule has 0 amide bonds. The zero-order valence-corrected chi connectivity index (χ0v) is 16.5. The van der Waals surface area contributed by atoms with Gasteiger partial charge in [0.2, 0.25) is 0 Å². The first-order valence-corrected chi connectivity index (χ1v) is 10.7. The topological polar surface area (TPSA) is 6.48 Å². The Labute approximate surface area is 160 Å². The predicted molar refractivity (Wildman–Crippen MR) is 107 cm³/mol. The second-order valence-corrected chi connectivity index (χ2v) is 9.57. The maximum atomic E-state index is 13.4. The van der Waals surface area contributed by atoms with Crippen molar-refractivity contribution in [2.45, 2.75) is 45.7 Å². The van der Waals surface area contributed by atoms with Crippen molar-refractivity contribution in [3.8, 4) is 0 Å². The SMILES string of the molecule is Cc1ccc(CN2CCC3(CCN(Cc4cccc(F)c4)CC3)CC2)s1. The molecule has 26 heavy (non-hydrogen) atoms. The Kier molecular flexibility index (Phi) is 5.44. The number of aryl methyl sites for hydroxylation is 1. The lowest BCUT2D eigenvalue weighted by Crippen LogP contribution is -2.46. The highest BCUT2D eigenvalue weighted by Gasteiger charge is 2.37. The Morgan fingerprint density at radius 1 is 0.923 bits per heavy atom. The molecule has 2 aliphatic heterocycles. The molecule has 1 aromatic carbocycles. The maximum absolute atomic E-state index is 13.4. The van der Waals surface area contributed by atoms with Gasteiger partial charge in [-0.3, -0.25) is 9.80 Å². The van der Waals surface area contributed by atoms with Crippen LogP contribution in [0.15, 0.2) is 36.4 Å². The van der Waals surface area contributed by atoms with E-state index < -0.39 is 0 Å². The highest BCUT2D eigenvalue weighted by molar-refractivity contribution is 7.11. The van der Waals surface area contributed by atoms with Crippen molar-refractivity contribution in [3.63, 3.8) is 0 Å². The fraction of sp³-hybridized carbons (Fsp3) is 0.545. The minimum atomic E-state index is -0.121. The monoisotopic (exact) mass is 372 g/mol. The number of rotatable bonds is 4. The minimum Gasteiger partial charge on any atom is -0.299 e. The molecule has 1 spiro atoms. The number of thiophene rings is 1. The van der Waals surface area contributed by atoms with Crippen LogP contribution in [0.2, 0.25) is 0 Å². The van der Waals surface area contributed by atoms with E-state index in [-0.39, 0.29) is 5.82 Å². The normalized spacial score (nSPS) is 21.3. The van der Waals surface area contributed by atoms with Crippen LogP contribution in [0.1, 0.15) is 41.0 Å². The number of likely N-dealkylation sites (tertiary alicyclic amines) is 2. The third-order valence-corrected chi connectivity index (χ3v) is 7.29. The lowest BCUT2D eigenvalue weighted by Gasteiger charge is -2.47. The van der Waals surface area contributed by atoms with E-state index in [2.05, 4.69) is 28.9 Å². The summed E-state index contributed by atoms with van der Waals surface area (Å²) < 4.78 is 13.4. The molecule has 0 bridgehead atoms. The molecule has 0 atom stereocenters. The molecule has 2 saturated heterocycles. The molecule has 0 unspecified atom stereocenters. The molecule has 2 aliphatic rings. The summed E-state index contributed by atoms with van der Waals surface area (Å²) in [5, 5.41) is 0. The molecule has 2 fully saturated rings. The van der Waals surface area contributed by atoms with Crippen molar-refractivity contribution >= 4 is 11.3 Å². The van der Waals surface area contributed by atoms with Crippen molar-refractivity contribution < 1.29 is 4.39 Å². The molecule has 0 saturated carbocycles. The van der Waals surface area contributed by atoms with Gasteiger partial charge in [-0.1, -0.05) is 12.1 Å². The number of hydrogen-bond acceptors (Lipinski definition) is 3. The smallest absolute Gasteiger partial charge is 0.123 e. The van der Waals surface area contributed by atoms with E-state index in [4.69, 9.17) is 0 Å². The highest BCUT2D eigenvalue weighted by Crippen LogP contribution is 2.41. The standard InChI is InChI=1S/C22H29FN2S/c1-18-5-6-21(26-18)17-25-13-9-22(10-14-25)7-11-24(12-8-22)16-19-3-2-4-20(23)15-19/h2-6,15H,7-14,16-17H2,1H3. The summed E-state index contributed by atoms with van der Waals surface area (Å²) in [6, 6.07) is 11.6. The Morgan fingerprint density at radius 3 is 2.15 bits per heavy atom. The molecule has 0 radical (unpaired) electrons. The van der Waals surface area contributed by atoms with Crippen LogP contribution in [0, 0.1) is 18.2 Å². The third-order valence-electron chi connectivity index (χ3n) is 6.30. The molecule has 140 valence electrons. The summed E-state index contributed by atoms with van der Waals surface area (Å²) >= 11 is 1.94. The van der Waals surface area contributed by atoms with Crippen molar-refractivity contribution in [2.75, 3.05) is 26.2 Å². The second-order valence-electron chi connectivity index (χ2n) is 8.19. The van der Waals surface area contributed by atoms with Gasteiger partial charge in [-0.15, -0.1) is 11.3 Å². The van der Waals surface area contributed by atoms with Crippen LogP contribution in [-0.2, 0) is 13.1 Å². The van der Waals surface area contributed by atoms with Crippen LogP contribution in [0.5, 0.6) is 0 Å². The van der Waals surface area contributed by atoms with Crippen LogP contribution in [0.3, 0.4) is 0 Å². The molecule has 4 heteroatoms. The van der Waals surface area contributed by atoms with E-state index in [0.717, 1.165) is 31.7 Å². The van der Waals surface area contributed by atoms with Gasteiger partial charge in [-0.2, -0.15) is 0 Å². The van der Waals surface area contributed by atoms with Crippen molar-refractivity contribution in [2.24, 2.45) is 5.41 Å². The van der Waals surface area contributed by atoms with Crippen LogP contribution in [0.4, 0.5) is 4.39 Å². The van der Waals surface area contributed by atoms with E-state index in [0.29, 0.717) is 5.41 Å². The largest absolute Gasteiger partial charge is 0.299 e. The molecule has 2 aromatic rings. The first-order valence-electron chi connectivity index (χ1n) is 9.85. The van der Waals surface area contributed by atoms with Gasteiger partial charge in [0.15, 0.2) is 0 Å². The fourth-order valence-electron chi connectivity index (χ4n) is 4.55. The zero-order chi connectivity index (χ0) is 18.0. The Bertz CT molecular complexity index is 723. The van der Waals surface area contributed by atoms with Gasteiger partial charge in [-0.05, 0) is 94.0 Å². The Balaban J connectivity index is 1.25. The summed E-state index contributed by atoms with van der Waals surface area (Å²) in [5.74, 6) is -0.121. The van der Waals surface area contributed by atoms with Gasteiger partial charge in [0.25, 0.3) is 0 Å². The first-order chi connectivity index (χ1) is 12.6. The van der Waals surface area contributed by atoms with Crippen molar-refractivity contribution in [1.29, 1.82) is 0 Å². The van der Waals surface area contributed by atoms with Crippen LogP contribution >= 0.6 is 11.3 Å². The molecule has 1 aromatic heterocycles. The van der Waals surface area contributed by atoms with Crippen molar-refractivity contribution in [3.05, 3.63) is 57.5 Å². The summed E-state index contributed by atoms with van der Waals surface area (Å²) in [4.78, 5) is 8.05. The zero-order valence-electron chi connectivity index (χ0n) is 15.7. The fourth-order valence-corrected chi connectivity index (χ4v) is 5.49. The molecular formula is C22H29FN2S. The Morgan fingerprint density at radius 2 is 1.58 bits per heavy atom. The van der Waals surface area contributed by atoms with E-state index >= 15 is 0 Å². The molecule has 2 nitrogen and oxygen atoms in total. The van der Waals surface area contributed by atoms with Crippen LogP contribution in [-0.4, -0.2) is 36.0 Å². The van der Waals surface area contributed by atoms with E-state index in [1.54, 1.807) is 6.07 Å². The van der Waals surface area contributed by atoms with Gasteiger partial charge in [-0.25, -0.2) is 4.39 Å². The average molecular weight is 373 g/mol. The quantitative estimate of drug-likeness (QED) is 0.739. The summed E-state index contributed by atoms with van der Waals surface area (Å²) in [5.41, 5.74) is 1.65. The van der Waals surface area contributed by atoms with Gasteiger partial charge >= 0.3 is 0 Å². The Hall–Kier alpha value is -1.23. The van der Waals surface area contributed by atoms with E-state index in [1.165, 1.54) is 54.6 Å². The maximum Gasteiger partial charge on any atom is 0.123 e. The average Bonchev–Trinajstić information content (AvgIpc) is 3.04. The van der Waals surface area contributed by atoms with E-state index in [9.17, 15) is 4.39 Å². The van der Waals surface area contributed by atoms with Gasteiger partial charge in [0.1, 0.15) is 5.82 Å². The predicted octanol–water partition coefficient (Wildman–Crippen LogP) is 5.07. The molecular weight excluding hydrogens is 343 g/mol.